The molecule has 0 aromatic rings. The lowest BCUT2D eigenvalue weighted by Gasteiger charge is -2.12. The Hall–Kier alpha value is -0.290. The summed E-state index contributed by atoms with van der Waals surface area (Å²) in [6, 6.07) is 0. The van der Waals surface area contributed by atoms with Crippen LogP contribution in [-0.2, 0) is 0 Å². The maximum Gasteiger partial charge on any atom is 0.282 e. The van der Waals surface area contributed by atoms with Crippen molar-refractivity contribution in [2.45, 2.75) is 12.3 Å². The Bertz CT molecular complexity index is 99.8. The SMILES string of the molecule is OCC(F)(F)CNCCCF. The number of aliphatic hydroxyl groups is 1. The number of hydrogen-bond donors (Lipinski definition) is 2. The largest absolute Gasteiger partial charge is 0.390 e. The van der Waals surface area contributed by atoms with Crippen LogP contribution in [0.3, 0.4) is 0 Å². The van der Waals surface area contributed by atoms with E-state index in [1.165, 1.54) is 0 Å². The summed E-state index contributed by atoms with van der Waals surface area (Å²) in [5, 5.41) is 10.4. The van der Waals surface area contributed by atoms with Gasteiger partial charge in [0.15, 0.2) is 0 Å². The van der Waals surface area contributed by atoms with Gasteiger partial charge in [-0.05, 0) is 13.0 Å². The molecule has 0 rings (SSSR count). The molecule has 0 saturated heterocycles. The maximum absolute atomic E-state index is 12.2. The van der Waals surface area contributed by atoms with Gasteiger partial charge in [0.1, 0.15) is 6.61 Å². The summed E-state index contributed by atoms with van der Waals surface area (Å²) in [7, 11) is 0. The van der Waals surface area contributed by atoms with Crippen molar-refractivity contribution >= 4 is 0 Å². The Balaban J connectivity index is 3.23. The molecule has 0 aliphatic heterocycles. The van der Waals surface area contributed by atoms with Crippen LogP contribution in [0.25, 0.3) is 0 Å². The average molecular weight is 171 g/mol. The summed E-state index contributed by atoms with van der Waals surface area (Å²) in [5.41, 5.74) is 0. The normalized spacial score (nSPS) is 12.0. The number of halogens is 3. The van der Waals surface area contributed by atoms with Crippen LogP contribution < -0.4 is 5.32 Å². The van der Waals surface area contributed by atoms with Crippen molar-refractivity contribution in [3.8, 4) is 0 Å². The van der Waals surface area contributed by atoms with E-state index in [1.807, 2.05) is 0 Å². The Labute approximate surface area is 63.4 Å². The highest BCUT2D eigenvalue weighted by atomic mass is 19.3. The molecule has 0 atom stereocenters. The molecule has 0 heterocycles. The van der Waals surface area contributed by atoms with Crippen LogP contribution in [0.15, 0.2) is 0 Å². The first-order valence-electron chi connectivity index (χ1n) is 3.38. The van der Waals surface area contributed by atoms with E-state index in [0.29, 0.717) is 0 Å². The van der Waals surface area contributed by atoms with Crippen molar-refractivity contribution in [3.05, 3.63) is 0 Å². The summed E-state index contributed by atoms with van der Waals surface area (Å²) in [4.78, 5) is 0. The maximum atomic E-state index is 12.2. The number of hydrogen-bond acceptors (Lipinski definition) is 2. The Kier molecular flexibility index (Phi) is 5.23. The van der Waals surface area contributed by atoms with Crippen molar-refractivity contribution in [2.75, 3.05) is 26.4 Å². The average Bonchev–Trinajstić information content (AvgIpc) is 1.99. The minimum absolute atomic E-state index is 0.214. The molecule has 2 N–H and O–H groups in total. The Morgan fingerprint density at radius 3 is 2.45 bits per heavy atom. The summed E-state index contributed by atoms with van der Waals surface area (Å²) >= 11 is 0. The van der Waals surface area contributed by atoms with E-state index in [-0.39, 0.29) is 13.0 Å². The monoisotopic (exact) mass is 171 g/mol. The van der Waals surface area contributed by atoms with E-state index in [4.69, 9.17) is 5.11 Å². The van der Waals surface area contributed by atoms with Crippen LogP contribution in [0.2, 0.25) is 0 Å². The highest BCUT2D eigenvalue weighted by molar-refractivity contribution is 4.66. The predicted octanol–water partition coefficient (Wildman–Crippen LogP) is 0.563. The van der Waals surface area contributed by atoms with Gasteiger partial charge < -0.3 is 10.4 Å². The molecule has 5 heteroatoms. The minimum Gasteiger partial charge on any atom is -0.390 e. The molecule has 0 saturated carbocycles. The lowest BCUT2D eigenvalue weighted by molar-refractivity contribution is -0.0474. The zero-order valence-corrected chi connectivity index (χ0v) is 6.12. The van der Waals surface area contributed by atoms with Crippen LogP contribution >= 0.6 is 0 Å². The fraction of sp³-hybridized carbons (Fsp3) is 1.00. The van der Waals surface area contributed by atoms with Gasteiger partial charge in [0, 0.05) is 0 Å². The fourth-order valence-corrected chi connectivity index (χ4v) is 0.519. The molecule has 68 valence electrons. The molecule has 0 amide bonds. The van der Waals surface area contributed by atoms with Crippen LogP contribution in [0.5, 0.6) is 0 Å². The van der Waals surface area contributed by atoms with Gasteiger partial charge in [-0.15, -0.1) is 0 Å². The third kappa shape index (κ3) is 6.12. The summed E-state index contributed by atoms with van der Waals surface area (Å²) < 4.78 is 35.8. The molecule has 0 aromatic heterocycles. The molecule has 0 aliphatic rings. The van der Waals surface area contributed by atoms with Crippen LogP contribution in [0.1, 0.15) is 6.42 Å². The van der Waals surface area contributed by atoms with Crippen molar-refractivity contribution in [2.24, 2.45) is 0 Å². The van der Waals surface area contributed by atoms with Gasteiger partial charge >= 0.3 is 0 Å². The van der Waals surface area contributed by atoms with Crippen LogP contribution in [0, 0.1) is 0 Å². The lowest BCUT2D eigenvalue weighted by Crippen LogP contribution is -2.36. The van der Waals surface area contributed by atoms with Gasteiger partial charge in [-0.1, -0.05) is 0 Å². The first-order chi connectivity index (χ1) is 5.12. The second-order valence-corrected chi connectivity index (χ2v) is 2.23. The quantitative estimate of drug-likeness (QED) is 0.572. The zero-order chi connectivity index (χ0) is 8.74. The van der Waals surface area contributed by atoms with E-state index in [9.17, 15) is 13.2 Å². The second kappa shape index (κ2) is 5.37. The van der Waals surface area contributed by atoms with Crippen LogP contribution in [0.4, 0.5) is 13.2 Å². The highest BCUT2D eigenvalue weighted by Gasteiger charge is 2.26. The zero-order valence-electron chi connectivity index (χ0n) is 6.12. The fourth-order valence-electron chi connectivity index (χ4n) is 0.519. The van der Waals surface area contributed by atoms with Gasteiger partial charge in [-0.25, -0.2) is 8.78 Å². The van der Waals surface area contributed by atoms with E-state index in [2.05, 4.69) is 5.32 Å². The molecule has 0 spiro atoms. The molecule has 0 aromatic carbocycles. The third-order valence-electron chi connectivity index (χ3n) is 1.10. The Morgan fingerprint density at radius 1 is 1.36 bits per heavy atom. The standard InChI is InChI=1S/C6H12F3NO/c7-2-1-3-10-4-6(8,9)5-11/h10-11H,1-5H2. The van der Waals surface area contributed by atoms with Crippen molar-refractivity contribution in [3.63, 3.8) is 0 Å². The third-order valence-corrected chi connectivity index (χ3v) is 1.10. The topological polar surface area (TPSA) is 32.3 Å². The molecule has 11 heavy (non-hydrogen) atoms. The number of aliphatic hydroxyl groups excluding tert-OH is 1. The first-order valence-corrected chi connectivity index (χ1v) is 3.38. The molecule has 2 nitrogen and oxygen atoms in total. The lowest BCUT2D eigenvalue weighted by atomic mass is 10.3. The van der Waals surface area contributed by atoms with E-state index < -0.39 is 25.7 Å². The van der Waals surface area contributed by atoms with Gasteiger partial charge in [0.05, 0.1) is 13.2 Å². The van der Waals surface area contributed by atoms with E-state index in [0.717, 1.165) is 0 Å². The Morgan fingerprint density at radius 2 is 2.00 bits per heavy atom. The first kappa shape index (κ1) is 10.7. The van der Waals surface area contributed by atoms with Crippen molar-refractivity contribution in [1.82, 2.24) is 5.32 Å². The summed E-state index contributed by atoms with van der Waals surface area (Å²) in [6.45, 7) is -2.07. The van der Waals surface area contributed by atoms with Crippen molar-refractivity contribution in [1.29, 1.82) is 0 Å². The molecule has 0 radical (unpaired) electrons. The molecule has 0 bridgehead atoms. The number of nitrogens with one attached hydrogen (secondary N) is 1. The number of alkyl halides is 3. The number of rotatable bonds is 6. The van der Waals surface area contributed by atoms with Gasteiger partial charge in [0.25, 0.3) is 5.92 Å². The van der Waals surface area contributed by atoms with E-state index >= 15 is 0 Å². The van der Waals surface area contributed by atoms with Gasteiger partial charge in [-0.3, -0.25) is 4.39 Å². The summed E-state index contributed by atoms with van der Waals surface area (Å²) in [5.74, 6) is -3.09. The van der Waals surface area contributed by atoms with Crippen molar-refractivity contribution < 1.29 is 18.3 Å². The predicted molar refractivity (Wildman–Crippen MR) is 35.5 cm³/mol. The highest BCUT2D eigenvalue weighted by Crippen LogP contribution is 2.09. The molecular weight excluding hydrogens is 159 g/mol. The van der Waals surface area contributed by atoms with Gasteiger partial charge in [-0.2, -0.15) is 0 Å². The van der Waals surface area contributed by atoms with Gasteiger partial charge in [0.2, 0.25) is 0 Å². The smallest absolute Gasteiger partial charge is 0.282 e. The second-order valence-electron chi connectivity index (χ2n) is 2.23. The summed E-state index contributed by atoms with van der Waals surface area (Å²) in [6.07, 6.45) is 0.224. The molecule has 0 aliphatic carbocycles. The molecular formula is C6H12F3NO. The molecule has 0 unspecified atom stereocenters. The van der Waals surface area contributed by atoms with E-state index in [1.54, 1.807) is 0 Å². The minimum atomic E-state index is -3.09. The van der Waals surface area contributed by atoms with Crippen LogP contribution in [-0.4, -0.2) is 37.4 Å². The molecule has 0 fully saturated rings.